The van der Waals surface area contributed by atoms with Crippen LogP contribution in [-0.4, -0.2) is 35.6 Å². The molecule has 4 aliphatic rings. The first-order chi connectivity index (χ1) is 12.4. The molecule has 2 N–H and O–H groups in total. The van der Waals surface area contributed by atoms with E-state index in [0.717, 1.165) is 32.1 Å². The van der Waals surface area contributed by atoms with Gasteiger partial charge in [0.1, 0.15) is 0 Å². The number of ether oxygens (including phenoxy) is 1. The van der Waals surface area contributed by atoms with Crippen molar-refractivity contribution in [3.05, 3.63) is 36.0 Å². The van der Waals surface area contributed by atoms with Gasteiger partial charge >= 0.3 is 0 Å². The highest BCUT2D eigenvalue weighted by molar-refractivity contribution is 5.33. The summed E-state index contributed by atoms with van der Waals surface area (Å²) in [6.07, 6.45) is 9.92. The second kappa shape index (κ2) is 6.32. The van der Waals surface area contributed by atoms with Crippen LogP contribution in [0.5, 0.6) is 0 Å². The number of hydrogen-bond donors (Lipinski definition) is 2. The van der Waals surface area contributed by atoms with Gasteiger partial charge in [-0.3, -0.25) is 0 Å². The second-order valence-corrected chi connectivity index (χ2v) is 9.45. The molecule has 0 radical (unpaired) electrons. The van der Waals surface area contributed by atoms with Crippen LogP contribution >= 0.6 is 0 Å². The summed E-state index contributed by atoms with van der Waals surface area (Å²) in [6.45, 7) is 10.6. The molecule has 3 fully saturated rings. The maximum atomic E-state index is 11.5. The van der Waals surface area contributed by atoms with Gasteiger partial charge in [0.15, 0.2) is 0 Å². The zero-order chi connectivity index (χ0) is 18.7. The fourth-order valence-electron chi connectivity index (χ4n) is 7.23. The Kier molecular flexibility index (Phi) is 4.49. The van der Waals surface area contributed by atoms with Gasteiger partial charge in [-0.25, -0.2) is 0 Å². The lowest BCUT2D eigenvalue weighted by Gasteiger charge is -2.57. The van der Waals surface area contributed by atoms with Crippen molar-refractivity contribution < 1.29 is 14.9 Å². The minimum Gasteiger partial charge on any atom is -0.392 e. The van der Waals surface area contributed by atoms with Crippen LogP contribution in [0.25, 0.3) is 0 Å². The monoisotopic (exact) mass is 358 g/mol. The number of hydrogen-bond acceptors (Lipinski definition) is 3. The van der Waals surface area contributed by atoms with E-state index in [1.807, 2.05) is 7.11 Å². The van der Waals surface area contributed by atoms with Crippen molar-refractivity contribution in [1.82, 2.24) is 0 Å². The maximum absolute atomic E-state index is 11.5. The van der Waals surface area contributed by atoms with Crippen LogP contribution in [-0.2, 0) is 4.74 Å². The summed E-state index contributed by atoms with van der Waals surface area (Å²) in [4.78, 5) is 0. The largest absolute Gasteiger partial charge is 0.392 e. The quantitative estimate of drug-likeness (QED) is 0.749. The Morgan fingerprint density at radius 3 is 2.77 bits per heavy atom. The average Bonchev–Trinajstić information content (AvgIpc) is 2.91. The third-order valence-electron chi connectivity index (χ3n) is 8.54. The third-order valence-corrected chi connectivity index (χ3v) is 8.54. The Hall–Kier alpha value is -0.900. The van der Waals surface area contributed by atoms with E-state index in [1.165, 1.54) is 18.4 Å². The van der Waals surface area contributed by atoms with Gasteiger partial charge in [0.05, 0.1) is 18.3 Å². The number of aliphatic hydroxyl groups excluding tert-OH is 1. The molecular formula is C23H34O3. The summed E-state index contributed by atoms with van der Waals surface area (Å²) in [7, 11) is 1.81. The van der Waals surface area contributed by atoms with Crippen molar-refractivity contribution in [3.63, 3.8) is 0 Å². The molecule has 0 aromatic carbocycles. The Morgan fingerprint density at radius 2 is 2.08 bits per heavy atom. The molecule has 3 heteroatoms. The molecule has 4 rings (SSSR count). The van der Waals surface area contributed by atoms with Gasteiger partial charge in [0, 0.05) is 12.5 Å². The van der Waals surface area contributed by atoms with E-state index >= 15 is 0 Å². The zero-order valence-electron chi connectivity index (χ0n) is 16.3. The molecule has 0 bridgehead atoms. The topological polar surface area (TPSA) is 49.7 Å². The van der Waals surface area contributed by atoms with Crippen LogP contribution in [0.1, 0.15) is 51.9 Å². The average molecular weight is 359 g/mol. The SMILES string of the molecule is C=C1C[C@@]2(C)[C@@H](CC[C@@]2(O)C(=C)CO)[C@@H]2CCC3=C[C@@H](OC)CC[C@@H]3[C@@H]12. The van der Waals surface area contributed by atoms with Crippen molar-refractivity contribution in [1.29, 1.82) is 0 Å². The predicted molar refractivity (Wildman–Crippen MR) is 104 cm³/mol. The number of allylic oxidation sites excluding steroid dienone is 2. The van der Waals surface area contributed by atoms with Gasteiger partial charge in [-0.05, 0) is 74.2 Å². The van der Waals surface area contributed by atoms with E-state index in [9.17, 15) is 10.2 Å². The molecule has 0 aliphatic heterocycles. The minimum absolute atomic E-state index is 0.132. The van der Waals surface area contributed by atoms with Gasteiger partial charge in [0.2, 0.25) is 0 Å². The van der Waals surface area contributed by atoms with Crippen molar-refractivity contribution >= 4 is 0 Å². The number of methoxy groups -OCH3 is 1. The van der Waals surface area contributed by atoms with Gasteiger partial charge < -0.3 is 14.9 Å². The molecule has 144 valence electrons. The summed E-state index contributed by atoms with van der Waals surface area (Å²) in [5, 5.41) is 21.2. The maximum Gasteiger partial charge on any atom is 0.0935 e. The molecule has 3 nitrogen and oxygen atoms in total. The lowest BCUT2D eigenvalue weighted by molar-refractivity contribution is -0.0816. The summed E-state index contributed by atoms with van der Waals surface area (Å²) in [5.41, 5.74) is 2.29. The summed E-state index contributed by atoms with van der Waals surface area (Å²) in [6, 6.07) is 0. The van der Waals surface area contributed by atoms with Crippen LogP contribution in [0.3, 0.4) is 0 Å². The van der Waals surface area contributed by atoms with Crippen LogP contribution < -0.4 is 0 Å². The Balaban J connectivity index is 1.67. The molecule has 0 aromatic heterocycles. The molecular weight excluding hydrogens is 324 g/mol. The minimum atomic E-state index is -0.954. The first-order valence-corrected chi connectivity index (χ1v) is 10.3. The molecule has 0 heterocycles. The van der Waals surface area contributed by atoms with Crippen molar-refractivity contribution in [3.8, 4) is 0 Å². The Bertz CT molecular complexity index is 650. The predicted octanol–water partition coefficient (Wildman–Crippen LogP) is 4.02. The molecule has 26 heavy (non-hydrogen) atoms. The van der Waals surface area contributed by atoms with E-state index in [1.54, 1.807) is 5.57 Å². The normalized spacial score (nSPS) is 47.6. The van der Waals surface area contributed by atoms with E-state index in [2.05, 4.69) is 26.2 Å². The second-order valence-electron chi connectivity index (χ2n) is 9.45. The van der Waals surface area contributed by atoms with Gasteiger partial charge in [-0.15, -0.1) is 0 Å². The van der Waals surface area contributed by atoms with Crippen LogP contribution in [0.15, 0.2) is 36.0 Å². The van der Waals surface area contributed by atoms with Crippen molar-refractivity contribution in [2.24, 2.45) is 29.1 Å². The highest BCUT2D eigenvalue weighted by atomic mass is 16.5. The molecule has 0 spiro atoms. The van der Waals surface area contributed by atoms with Crippen LogP contribution in [0.2, 0.25) is 0 Å². The highest BCUT2D eigenvalue weighted by Gasteiger charge is 2.63. The zero-order valence-corrected chi connectivity index (χ0v) is 16.3. The van der Waals surface area contributed by atoms with Crippen molar-refractivity contribution in [2.45, 2.75) is 63.6 Å². The molecule has 3 saturated carbocycles. The van der Waals surface area contributed by atoms with Crippen LogP contribution in [0, 0.1) is 29.1 Å². The van der Waals surface area contributed by atoms with Crippen LogP contribution in [0.4, 0.5) is 0 Å². The number of fused-ring (bicyclic) bond motifs is 5. The Morgan fingerprint density at radius 1 is 1.31 bits per heavy atom. The van der Waals surface area contributed by atoms with E-state index in [4.69, 9.17) is 4.74 Å². The molecule has 0 aromatic rings. The molecule has 7 atom stereocenters. The summed E-state index contributed by atoms with van der Waals surface area (Å²) < 4.78 is 5.59. The smallest absolute Gasteiger partial charge is 0.0935 e. The fourth-order valence-corrected chi connectivity index (χ4v) is 7.23. The van der Waals surface area contributed by atoms with E-state index in [0.29, 0.717) is 29.2 Å². The first-order valence-electron chi connectivity index (χ1n) is 10.3. The lowest BCUT2D eigenvalue weighted by atomic mass is 9.49. The van der Waals surface area contributed by atoms with Crippen molar-refractivity contribution in [2.75, 3.05) is 13.7 Å². The molecule has 4 aliphatic carbocycles. The highest BCUT2D eigenvalue weighted by Crippen LogP contribution is 2.67. The van der Waals surface area contributed by atoms with Gasteiger partial charge in [-0.1, -0.05) is 37.3 Å². The molecule has 0 amide bonds. The standard InChI is InChI=1S/C23H34O3/c1-14-12-22(3)20(9-10-23(22,25)15(2)13-24)19-7-5-16-11-17(26-4)6-8-18(16)21(14)19/h11,17-21,24-25H,1-2,5-10,12-13H2,3-4H3/t17-,18-,19-,20-,21+,22-,23+/m0/s1. The summed E-state index contributed by atoms with van der Waals surface area (Å²) in [5.74, 6) is 2.26. The lowest BCUT2D eigenvalue weighted by Crippen LogP contribution is -2.54. The van der Waals surface area contributed by atoms with E-state index in [-0.39, 0.29) is 18.1 Å². The summed E-state index contributed by atoms with van der Waals surface area (Å²) >= 11 is 0. The first kappa shape index (κ1) is 18.5. The van der Waals surface area contributed by atoms with Gasteiger partial charge in [0.25, 0.3) is 0 Å². The third kappa shape index (κ3) is 2.36. The number of rotatable bonds is 3. The van der Waals surface area contributed by atoms with Gasteiger partial charge in [-0.2, -0.15) is 0 Å². The Labute approximate surface area is 157 Å². The fraction of sp³-hybridized carbons (Fsp3) is 0.739. The van der Waals surface area contributed by atoms with E-state index < -0.39 is 5.60 Å². The number of aliphatic hydroxyl groups is 2. The molecule has 0 saturated heterocycles. The molecule has 0 unspecified atom stereocenters.